The minimum absolute atomic E-state index is 0.0412. The molecule has 2 atom stereocenters. The van der Waals surface area contributed by atoms with E-state index in [4.69, 9.17) is 23.2 Å². The molecule has 1 aromatic carbocycles. The van der Waals surface area contributed by atoms with Crippen LogP contribution in [-0.4, -0.2) is 17.8 Å². The second kappa shape index (κ2) is 6.58. The van der Waals surface area contributed by atoms with Crippen LogP contribution in [0.15, 0.2) is 18.2 Å². The molecule has 0 heterocycles. The van der Waals surface area contributed by atoms with Gasteiger partial charge >= 0.3 is 0 Å². The average Bonchev–Trinajstić information content (AvgIpc) is 2.40. The van der Waals surface area contributed by atoms with E-state index in [0.717, 1.165) is 25.7 Å². The molecular formula is C14H16Cl2FNO. The molecule has 0 aliphatic heterocycles. The van der Waals surface area contributed by atoms with E-state index in [1.165, 1.54) is 18.2 Å². The monoisotopic (exact) mass is 303 g/mol. The van der Waals surface area contributed by atoms with Gasteiger partial charge in [0.1, 0.15) is 5.82 Å². The smallest absolute Gasteiger partial charge is 0.251 e. The molecule has 0 radical (unpaired) electrons. The molecule has 1 fully saturated rings. The maximum atomic E-state index is 13.0. The van der Waals surface area contributed by atoms with Crippen molar-refractivity contribution in [3.8, 4) is 0 Å². The molecule has 0 bridgehead atoms. The molecule has 2 unspecified atom stereocenters. The van der Waals surface area contributed by atoms with Gasteiger partial charge < -0.3 is 5.32 Å². The molecule has 1 saturated carbocycles. The number of carbonyl (C=O) groups excluding carboxylic acids is 1. The number of benzene rings is 1. The highest BCUT2D eigenvalue weighted by molar-refractivity contribution is 6.31. The number of halogens is 3. The van der Waals surface area contributed by atoms with Gasteiger partial charge in [-0.3, -0.25) is 4.79 Å². The maximum absolute atomic E-state index is 13.0. The van der Waals surface area contributed by atoms with Crippen LogP contribution in [0, 0.1) is 11.7 Å². The predicted molar refractivity (Wildman–Crippen MR) is 75.3 cm³/mol. The summed E-state index contributed by atoms with van der Waals surface area (Å²) in [4.78, 5) is 11.9. The van der Waals surface area contributed by atoms with Gasteiger partial charge in [0.2, 0.25) is 0 Å². The average molecular weight is 304 g/mol. The van der Waals surface area contributed by atoms with Gasteiger partial charge in [0.25, 0.3) is 5.91 Å². The van der Waals surface area contributed by atoms with Crippen LogP contribution in [0.1, 0.15) is 36.0 Å². The molecule has 1 aliphatic rings. The quantitative estimate of drug-likeness (QED) is 0.840. The minimum atomic E-state index is -0.522. The van der Waals surface area contributed by atoms with Crippen LogP contribution in [0.2, 0.25) is 5.02 Å². The zero-order chi connectivity index (χ0) is 13.8. The third kappa shape index (κ3) is 3.83. The van der Waals surface area contributed by atoms with Gasteiger partial charge in [-0.15, -0.1) is 11.6 Å². The van der Waals surface area contributed by atoms with Crippen molar-refractivity contribution in [2.75, 3.05) is 6.54 Å². The molecule has 0 aromatic heterocycles. The Kier molecular flexibility index (Phi) is 5.06. The Bertz CT molecular complexity index is 467. The van der Waals surface area contributed by atoms with Gasteiger partial charge in [-0.2, -0.15) is 0 Å². The van der Waals surface area contributed by atoms with Crippen LogP contribution in [-0.2, 0) is 0 Å². The topological polar surface area (TPSA) is 29.1 Å². The van der Waals surface area contributed by atoms with Crippen molar-refractivity contribution < 1.29 is 9.18 Å². The Morgan fingerprint density at radius 1 is 1.37 bits per heavy atom. The normalized spacial score (nSPS) is 23.1. The molecule has 2 nitrogen and oxygen atoms in total. The van der Waals surface area contributed by atoms with Crippen molar-refractivity contribution in [3.63, 3.8) is 0 Å². The summed E-state index contributed by atoms with van der Waals surface area (Å²) in [5.41, 5.74) is 0.369. The van der Waals surface area contributed by atoms with Crippen LogP contribution >= 0.6 is 23.2 Å². The highest BCUT2D eigenvalue weighted by Gasteiger charge is 2.23. The molecule has 0 spiro atoms. The summed E-state index contributed by atoms with van der Waals surface area (Å²) >= 11 is 11.9. The van der Waals surface area contributed by atoms with Crippen LogP contribution in [0.4, 0.5) is 4.39 Å². The summed E-state index contributed by atoms with van der Waals surface area (Å²) < 4.78 is 13.0. The van der Waals surface area contributed by atoms with Crippen molar-refractivity contribution in [1.82, 2.24) is 5.32 Å². The lowest BCUT2D eigenvalue weighted by atomic mass is 9.88. The summed E-state index contributed by atoms with van der Waals surface area (Å²) in [7, 11) is 0. The Morgan fingerprint density at radius 3 is 2.79 bits per heavy atom. The van der Waals surface area contributed by atoms with Crippen LogP contribution < -0.4 is 5.32 Å². The fourth-order valence-electron chi connectivity index (χ4n) is 2.36. The van der Waals surface area contributed by atoms with Crippen LogP contribution in [0.3, 0.4) is 0 Å². The minimum Gasteiger partial charge on any atom is -0.352 e. The van der Waals surface area contributed by atoms with E-state index in [2.05, 4.69) is 5.32 Å². The summed E-state index contributed by atoms with van der Waals surface area (Å²) in [6.45, 7) is 0.558. The van der Waals surface area contributed by atoms with E-state index in [-0.39, 0.29) is 16.3 Å². The van der Waals surface area contributed by atoms with E-state index < -0.39 is 5.82 Å². The molecule has 2 rings (SSSR count). The van der Waals surface area contributed by atoms with Crippen molar-refractivity contribution >= 4 is 29.1 Å². The lowest BCUT2D eigenvalue weighted by molar-refractivity contribution is 0.0944. The fraction of sp³-hybridized carbons (Fsp3) is 0.500. The number of hydrogen-bond donors (Lipinski definition) is 1. The first-order valence-corrected chi connectivity index (χ1v) is 7.26. The van der Waals surface area contributed by atoms with Gasteiger partial charge in [-0.05, 0) is 37.0 Å². The van der Waals surface area contributed by atoms with Gasteiger partial charge in [0.05, 0.1) is 5.02 Å². The Morgan fingerprint density at radius 2 is 2.11 bits per heavy atom. The number of amides is 1. The molecular weight excluding hydrogens is 288 g/mol. The zero-order valence-electron chi connectivity index (χ0n) is 10.5. The van der Waals surface area contributed by atoms with Gasteiger partial charge in [0, 0.05) is 17.5 Å². The van der Waals surface area contributed by atoms with Crippen molar-refractivity contribution in [3.05, 3.63) is 34.6 Å². The number of hydrogen-bond acceptors (Lipinski definition) is 1. The van der Waals surface area contributed by atoms with Crippen LogP contribution in [0.5, 0.6) is 0 Å². The Balaban J connectivity index is 1.91. The first-order valence-electron chi connectivity index (χ1n) is 6.45. The predicted octanol–water partition coefficient (Wildman–Crippen LogP) is 4.01. The summed E-state index contributed by atoms with van der Waals surface area (Å²) in [5, 5.41) is 2.93. The lowest BCUT2D eigenvalue weighted by Crippen LogP contribution is -2.34. The molecule has 5 heteroatoms. The zero-order valence-corrected chi connectivity index (χ0v) is 12.0. The van der Waals surface area contributed by atoms with E-state index >= 15 is 0 Å². The van der Waals surface area contributed by atoms with E-state index in [1.54, 1.807) is 0 Å². The van der Waals surface area contributed by atoms with Gasteiger partial charge in [0.15, 0.2) is 0 Å². The van der Waals surface area contributed by atoms with Crippen molar-refractivity contribution in [2.45, 2.75) is 31.1 Å². The first-order chi connectivity index (χ1) is 9.08. The highest BCUT2D eigenvalue weighted by atomic mass is 35.5. The molecule has 1 amide bonds. The molecule has 1 aromatic rings. The number of carbonyl (C=O) groups is 1. The molecule has 104 valence electrons. The van der Waals surface area contributed by atoms with E-state index in [0.29, 0.717) is 18.0 Å². The lowest BCUT2D eigenvalue weighted by Gasteiger charge is -2.27. The van der Waals surface area contributed by atoms with Gasteiger partial charge in [-0.1, -0.05) is 24.4 Å². The third-order valence-electron chi connectivity index (χ3n) is 3.52. The van der Waals surface area contributed by atoms with Crippen molar-refractivity contribution in [2.24, 2.45) is 5.92 Å². The molecule has 0 saturated heterocycles. The summed E-state index contributed by atoms with van der Waals surface area (Å²) in [6, 6.07) is 3.96. The molecule has 19 heavy (non-hydrogen) atoms. The maximum Gasteiger partial charge on any atom is 0.251 e. The molecule has 1 aliphatic carbocycles. The Labute approximate surface area is 122 Å². The third-order valence-corrected chi connectivity index (χ3v) is 4.39. The number of nitrogens with one attached hydrogen (secondary N) is 1. The van der Waals surface area contributed by atoms with E-state index in [1.807, 2.05) is 0 Å². The van der Waals surface area contributed by atoms with Gasteiger partial charge in [-0.25, -0.2) is 4.39 Å². The van der Waals surface area contributed by atoms with E-state index in [9.17, 15) is 9.18 Å². The first kappa shape index (κ1) is 14.6. The Hall–Kier alpha value is -0.800. The molecule has 1 N–H and O–H groups in total. The largest absolute Gasteiger partial charge is 0.352 e. The number of rotatable bonds is 3. The second-order valence-corrected chi connectivity index (χ2v) is 5.87. The highest BCUT2D eigenvalue weighted by Crippen LogP contribution is 2.28. The van der Waals surface area contributed by atoms with Crippen molar-refractivity contribution in [1.29, 1.82) is 0 Å². The summed E-state index contributed by atoms with van der Waals surface area (Å²) in [6.07, 6.45) is 4.36. The standard InChI is InChI=1S/C14H16Cl2FNO/c15-11-4-2-1-3-10(11)8-18-14(19)9-5-6-13(17)12(16)7-9/h5-7,10-11H,1-4,8H2,(H,18,19). The summed E-state index contributed by atoms with van der Waals surface area (Å²) in [5.74, 6) is -0.446. The second-order valence-electron chi connectivity index (χ2n) is 4.90. The van der Waals surface area contributed by atoms with Crippen LogP contribution in [0.25, 0.3) is 0 Å². The fourth-order valence-corrected chi connectivity index (χ4v) is 2.91. The number of alkyl halides is 1. The SMILES string of the molecule is O=C(NCC1CCCCC1Cl)c1ccc(F)c(Cl)c1.